The lowest BCUT2D eigenvalue weighted by Gasteiger charge is -2.29. The molecule has 0 atom stereocenters. The van der Waals surface area contributed by atoms with Crippen LogP contribution >= 0.6 is 0 Å². The molecule has 6 nitrogen and oxygen atoms in total. The molecule has 0 bridgehead atoms. The molecule has 2 rings (SSSR count). The first-order valence-electron chi connectivity index (χ1n) is 7.12. The second-order valence-electron chi connectivity index (χ2n) is 5.46. The van der Waals surface area contributed by atoms with Gasteiger partial charge in [0.25, 0.3) is 0 Å². The zero-order valence-corrected chi connectivity index (χ0v) is 13.3. The Kier molecular flexibility index (Phi) is 5.16. The van der Waals surface area contributed by atoms with Crippen molar-refractivity contribution in [3.63, 3.8) is 0 Å². The molecule has 0 spiro atoms. The van der Waals surface area contributed by atoms with Crippen LogP contribution in [-0.2, 0) is 21.2 Å². The summed E-state index contributed by atoms with van der Waals surface area (Å²) in [5, 5.41) is 11.5. The Bertz CT molecular complexity index is 669. The summed E-state index contributed by atoms with van der Waals surface area (Å²) in [5.74, 6) is -0.252. The van der Waals surface area contributed by atoms with Crippen molar-refractivity contribution in [2.24, 2.45) is 5.92 Å². The Labute approximate surface area is 130 Å². The molecule has 1 aliphatic rings. The summed E-state index contributed by atoms with van der Waals surface area (Å²) < 4.78 is 24.3. The molecule has 7 heteroatoms. The maximum absolute atomic E-state index is 12.2. The van der Waals surface area contributed by atoms with Crippen molar-refractivity contribution in [3.8, 4) is 6.07 Å². The number of carbonyl (C=O) groups is 1. The van der Waals surface area contributed by atoms with Gasteiger partial charge in [0.1, 0.15) is 0 Å². The van der Waals surface area contributed by atoms with Crippen molar-refractivity contribution < 1.29 is 13.2 Å². The van der Waals surface area contributed by atoms with Gasteiger partial charge < -0.3 is 5.32 Å². The summed E-state index contributed by atoms with van der Waals surface area (Å²) in [6.07, 6.45) is 2.60. The normalized spacial score (nSPS) is 16.9. The van der Waals surface area contributed by atoms with Gasteiger partial charge in [-0.05, 0) is 30.5 Å². The predicted octanol–water partition coefficient (Wildman–Crippen LogP) is 1.36. The van der Waals surface area contributed by atoms with E-state index in [1.807, 2.05) is 12.1 Å². The Morgan fingerprint density at radius 3 is 2.41 bits per heavy atom. The maximum atomic E-state index is 12.2. The predicted molar refractivity (Wildman–Crippen MR) is 83.5 cm³/mol. The number of hydrogen-bond acceptors (Lipinski definition) is 4. The number of hydrogen-bond donors (Lipinski definition) is 1. The summed E-state index contributed by atoms with van der Waals surface area (Å²) in [6, 6.07) is 9.24. The highest BCUT2D eigenvalue weighted by Crippen LogP contribution is 2.21. The van der Waals surface area contributed by atoms with E-state index in [2.05, 4.69) is 11.4 Å². The van der Waals surface area contributed by atoms with E-state index in [1.165, 1.54) is 10.6 Å². The lowest BCUT2D eigenvalue weighted by Crippen LogP contribution is -2.40. The molecular formula is C15H19N3O3S. The third kappa shape index (κ3) is 4.29. The molecule has 1 heterocycles. The van der Waals surface area contributed by atoms with E-state index in [9.17, 15) is 13.2 Å². The van der Waals surface area contributed by atoms with E-state index < -0.39 is 10.0 Å². The van der Waals surface area contributed by atoms with Crippen molar-refractivity contribution in [1.29, 1.82) is 5.26 Å². The van der Waals surface area contributed by atoms with Gasteiger partial charge in [-0.25, -0.2) is 12.7 Å². The first kappa shape index (κ1) is 16.5. The Morgan fingerprint density at radius 2 is 1.91 bits per heavy atom. The monoisotopic (exact) mass is 321 g/mol. The minimum Gasteiger partial charge on any atom is -0.326 e. The number of nitriles is 1. The van der Waals surface area contributed by atoms with Crippen molar-refractivity contribution in [3.05, 3.63) is 29.8 Å². The largest absolute Gasteiger partial charge is 0.326 e. The number of rotatable bonds is 4. The molecule has 1 aromatic carbocycles. The molecule has 1 amide bonds. The molecule has 0 aromatic heterocycles. The fourth-order valence-corrected chi connectivity index (χ4v) is 3.37. The third-order valence-electron chi connectivity index (χ3n) is 3.80. The lowest BCUT2D eigenvalue weighted by molar-refractivity contribution is -0.120. The molecule has 0 aliphatic carbocycles. The van der Waals surface area contributed by atoms with Crippen LogP contribution in [-0.4, -0.2) is 38.0 Å². The molecular weight excluding hydrogens is 302 g/mol. The van der Waals surface area contributed by atoms with Crippen molar-refractivity contribution in [2.75, 3.05) is 24.7 Å². The topological polar surface area (TPSA) is 90.3 Å². The molecule has 22 heavy (non-hydrogen) atoms. The van der Waals surface area contributed by atoms with Gasteiger partial charge in [-0.15, -0.1) is 0 Å². The van der Waals surface area contributed by atoms with E-state index in [0.29, 0.717) is 38.0 Å². The summed E-state index contributed by atoms with van der Waals surface area (Å²) >= 11 is 0. The van der Waals surface area contributed by atoms with Crippen LogP contribution in [0.3, 0.4) is 0 Å². The lowest BCUT2D eigenvalue weighted by atomic mass is 9.97. The van der Waals surface area contributed by atoms with Gasteiger partial charge in [0.05, 0.1) is 18.7 Å². The summed E-state index contributed by atoms with van der Waals surface area (Å²) in [6.45, 7) is 0.774. The Morgan fingerprint density at radius 1 is 1.32 bits per heavy atom. The number of sulfonamides is 1. The maximum Gasteiger partial charge on any atom is 0.227 e. The van der Waals surface area contributed by atoms with Gasteiger partial charge in [0.2, 0.25) is 15.9 Å². The van der Waals surface area contributed by atoms with Gasteiger partial charge >= 0.3 is 0 Å². The van der Waals surface area contributed by atoms with Gasteiger partial charge in [-0.3, -0.25) is 4.79 Å². The van der Waals surface area contributed by atoms with Gasteiger partial charge in [0.15, 0.2) is 0 Å². The van der Waals surface area contributed by atoms with E-state index in [-0.39, 0.29) is 11.8 Å². The van der Waals surface area contributed by atoms with Gasteiger partial charge in [0, 0.05) is 24.7 Å². The number of benzene rings is 1. The molecule has 0 saturated carbocycles. The molecule has 0 radical (unpaired) electrons. The number of nitrogens with zero attached hydrogens (tertiary/aromatic N) is 2. The molecule has 118 valence electrons. The molecule has 1 saturated heterocycles. The van der Waals surface area contributed by atoms with Crippen LogP contribution in [0.5, 0.6) is 0 Å². The second kappa shape index (κ2) is 6.90. The van der Waals surface area contributed by atoms with Gasteiger partial charge in [-0.2, -0.15) is 5.26 Å². The highest BCUT2D eigenvalue weighted by molar-refractivity contribution is 7.88. The number of anilines is 1. The first-order chi connectivity index (χ1) is 10.4. The summed E-state index contributed by atoms with van der Waals surface area (Å²) in [4.78, 5) is 12.2. The van der Waals surface area contributed by atoms with Crippen LogP contribution in [0.2, 0.25) is 0 Å². The highest BCUT2D eigenvalue weighted by atomic mass is 32.2. The fraction of sp³-hybridized carbons (Fsp3) is 0.467. The van der Waals surface area contributed by atoms with E-state index in [1.54, 1.807) is 12.1 Å². The van der Waals surface area contributed by atoms with Crippen LogP contribution in [0.15, 0.2) is 24.3 Å². The third-order valence-corrected chi connectivity index (χ3v) is 5.10. The zero-order valence-electron chi connectivity index (χ0n) is 12.4. The van der Waals surface area contributed by atoms with Crippen LogP contribution in [0.25, 0.3) is 0 Å². The van der Waals surface area contributed by atoms with Crippen molar-refractivity contribution >= 4 is 21.6 Å². The summed E-state index contributed by atoms with van der Waals surface area (Å²) in [5.41, 5.74) is 1.60. The van der Waals surface area contributed by atoms with Gasteiger partial charge in [-0.1, -0.05) is 12.1 Å². The molecule has 0 unspecified atom stereocenters. The average molecular weight is 321 g/mol. The van der Waals surface area contributed by atoms with Crippen LogP contribution in [0.4, 0.5) is 5.69 Å². The standard InChI is InChI=1S/C15H19N3O3S/c1-22(20,21)18-10-7-13(8-11-18)15(19)17-14-4-2-12(3-5-14)6-9-16/h2-5,13H,6-8,10-11H2,1H3,(H,17,19). The number of nitrogens with one attached hydrogen (secondary N) is 1. The highest BCUT2D eigenvalue weighted by Gasteiger charge is 2.28. The molecule has 1 aliphatic heterocycles. The quantitative estimate of drug-likeness (QED) is 0.906. The van der Waals surface area contributed by atoms with Crippen LogP contribution < -0.4 is 5.32 Å². The van der Waals surface area contributed by atoms with Crippen LogP contribution in [0.1, 0.15) is 18.4 Å². The number of amides is 1. The second-order valence-corrected chi connectivity index (χ2v) is 7.44. The van der Waals surface area contributed by atoms with Crippen molar-refractivity contribution in [1.82, 2.24) is 4.31 Å². The number of carbonyl (C=O) groups excluding carboxylic acids is 1. The molecule has 1 fully saturated rings. The minimum absolute atomic E-state index is 0.0822. The molecule has 1 N–H and O–H groups in total. The average Bonchev–Trinajstić information content (AvgIpc) is 2.49. The van der Waals surface area contributed by atoms with Crippen molar-refractivity contribution in [2.45, 2.75) is 19.3 Å². The summed E-state index contributed by atoms with van der Waals surface area (Å²) in [7, 11) is -3.17. The zero-order chi connectivity index (χ0) is 16.2. The van der Waals surface area contributed by atoms with E-state index in [4.69, 9.17) is 5.26 Å². The fourth-order valence-electron chi connectivity index (χ4n) is 2.49. The smallest absolute Gasteiger partial charge is 0.227 e. The number of piperidine rings is 1. The van der Waals surface area contributed by atoms with E-state index in [0.717, 1.165) is 5.56 Å². The Hall–Kier alpha value is -1.91. The van der Waals surface area contributed by atoms with Crippen LogP contribution in [0, 0.1) is 17.2 Å². The Balaban J connectivity index is 1.89. The minimum atomic E-state index is -3.17. The van der Waals surface area contributed by atoms with E-state index >= 15 is 0 Å². The first-order valence-corrected chi connectivity index (χ1v) is 8.97. The SMILES string of the molecule is CS(=O)(=O)N1CCC(C(=O)Nc2ccc(CC#N)cc2)CC1. The molecule has 1 aromatic rings.